The third-order valence-corrected chi connectivity index (χ3v) is 15.2. The topological polar surface area (TPSA) is 204 Å². The normalized spacial score (nSPS) is 18.6. The Kier molecular flexibility index (Phi) is 13.6. The van der Waals surface area contributed by atoms with Gasteiger partial charge < -0.3 is 19.9 Å². The second kappa shape index (κ2) is 19.5. The van der Waals surface area contributed by atoms with Gasteiger partial charge in [-0.2, -0.15) is 0 Å². The molecule has 0 saturated carbocycles. The highest BCUT2D eigenvalue weighted by Crippen LogP contribution is 2.33. The number of amides is 5. The zero-order valence-electron chi connectivity index (χ0n) is 37.0. The Morgan fingerprint density at radius 3 is 2.29 bits per heavy atom. The largest absolute Gasteiger partial charge is 0.496 e. The van der Waals surface area contributed by atoms with Gasteiger partial charge in [0.25, 0.3) is 11.8 Å². The summed E-state index contributed by atoms with van der Waals surface area (Å²) >= 11 is 0. The molecule has 3 saturated heterocycles. The summed E-state index contributed by atoms with van der Waals surface area (Å²) in [5, 5.41) is 4.90. The summed E-state index contributed by atoms with van der Waals surface area (Å²) in [7, 11) is -1.82. The van der Waals surface area contributed by atoms with Crippen molar-refractivity contribution in [3.63, 3.8) is 0 Å². The van der Waals surface area contributed by atoms with E-state index in [-0.39, 0.29) is 36.3 Å². The number of sulfone groups is 1. The number of carbonyl (C=O) groups excluding carboxylic acids is 5. The molecular weight excluding hydrogens is 851 g/mol. The first-order valence-corrected chi connectivity index (χ1v) is 23.9. The number of hydrogen-bond donors (Lipinski definition) is 2. The molecule has 4 aliphatic heterocycles. The Morgan fingerprint density at radius 2 is 1.58 bits per heavy atom. The van der Waals surface area contributed by atoms with Gasteiger partial charge in [0.15, 0.2) is 9.84 Å². The van der Waals surface area contributed by atoms with Gasteiger partial charge in [0.05, 0.1) is 28.4 Å². The fourth-order valence-electron chi connectivity index (χ4n) is 9.25. The summed E-state index contributed by atoms with van der Waals surface area (Å²) in [6, 6.07) is 17.6. The molecule has 3 aromatic carbocycles. The van der Waals surface area contributed by atoms with Crippen molar-refractivity contribution in [1.82, 2.24) is 35.0 Å². The van der Waals surface area contributed by atoms with Crippen molar-refractivity contribution in [3.8, 4) is 5.75 Å². The van der Waals surface area contributed by atoms with Crippen LogP contribution in [0.1, 0.15) is 95.9 Å². The quantitative estimate of drug-likeness (QED) is 0.129. The predicted octanol–water partition coefficient (Wildman–Crippen LogP) is 3.65. The molecule has 4 aliphatic rings. The minimum Gasteiger partial charge on any atom is -0.496 e. The molecular formula is C47H55N9O8S. The van der Waals surface area contributed by atoms with E-state index < -0.39 is 44.8 Å². The number of anilines is 2. The van der Waals surface area contributed by atoms with Gasteiger partial charge >= 0.3 is 0 Å². The fourth-order valence-corrected chi connectivity index (χ4v) is 10.5. The van der Waals surface area contributed by atoms with Crippen molar-refractivity contribution in [2.75, 3.05) is 63.1 Å². The average molecular weight is 906 g/mol. The van der Waals surface area contributed by atoms with E-state index in [2.05, 4.69) is 48.6 Å². The van der Waals surface area contributed by atoms with Crippen LogP contribution in [0.15, 0.2) is 71.9 Å². The molecule has 0 radical (unpaired) electrons. The summed E-state index contributed by atoms with van der Waals surface area (Å²) in [5.74, 6) is -0.310. The average Bonchev–Trinajstić information content (AvgIpc) is 3.56. The molecule has 65 heavy (non-hydrogen) atoms. The number of ether oxygens (including phenoxy) is 1. The van der Waals surface area contributed by atoms with E-state index in [9.17, 15) is 32.4 Å². The van der Waals surface area contributed by atoms with Gasteiger partial charge in [0.1, 0.15) is 29.8 Å². The molecule has 8 rings (SSSR count). The Labute approximate surface area is 378 Å². The monoisotopic (exact) mass is 905 g/mol. The zero-order chi connectivity index (χ0) is 45.8. The lowest BCUT2D eigenvalue weighted by molar-refractivity contribution is -0.136. The Morgan fingerprint density at radius 1 is 0.862 bits per heavy atom. The van der Waals surface area contributed by atoms with Crippen molar-refractivity contribution in [2.45, 2.75) is 87.4 Å². The number of methoxy groups -OCH3 is 1. The van der Waals surface area contributed by atoms with E-state index in [1.54, 1.807) is 57.4 Å². The standard InChI is InChI=1S/C47H55N9O8S/c1-30(2)65(62,63)39-11-5-4-8-32(39)27-41-50-29-49-40(51-41)26-31-13-14-34(28-38(31)64-3)53-20-17-33(18-21-53)54-22-24-55(25-23-54)43(58)12-7-19-48-36-10-6-9-35-44(36)47(61)56(46(35)60)37-15-16-42(57)52-45(37)59/h4-6,8-11,13-14,28-30,33,37,48H,7,12,15-27H2,1-3H3,(H,52,57,59). The fraction of sp³-hybridized carbons (Fsp3) is 0.447. The van der Waals surface area contributed by atoms with Gasteiger partial charge in [-0.05, 0) is 69.4 Å². The molecule has 0 spiro atoms. The highest BCUT2D eigenvalue weighted by molar-refractivity contribution is 7.92. The van der Waals surface area contributed by atoms with Crippen LogP contribution < -0.4 is 20.3 Å². The lowest BCUT2D eigenvalue weighted by atomic mass is 10.0. The molecule has 1 aromatic heterocycles. The zero-order valence-corrected chi connectivity index (χ0v) is 37.8. The van der Waals surface area contributed by atoms with E-state index >= 15 is 0 Å². The highest BCUT2D eigenvalue weighted by Gasteiger charge is 2.45. The van der Waals surface area contributed by atoms with Crippen molar-refractivity contribution in [1.29, 1.82) is 0 Å². The van der Waals surface area contributed by atoms with Gasteiger partial charge in [0, 0.05) is 101 Å². The van der Waals surface area contributed by atoms with Crippen LogP contribution in [0.5, 0.6) is 5.75 Å². The van der Waals surface area contributed by atoms with Crippen LogP contribution >= 0.6 is 0 Å². The number of imide groups is 2. The first-order valence-electron chi connectivity index (χ1n) is 22.3. The second-order valence-electron chi connectivity index (χ2n) is 17.2. The first-order chi connectivity index (χ1) is 31.3. The van der Waals surface area contributed by atoms with Crippen LogP contribution in [-0.4, -0.2) is 138 Å². The molecule has 342 valence electrons. The number of benzene rings is 3. The maximum absolute atomic E-state index is 13.4. The number of hydrogen-bond acceptors (Lipinski definition) is 14. The summed E-state index contributed by atoms with van der Waals surface area (Å²) < 4.78 is 31.9. The van der Waals surface area contributed by atoms with E-state index in [0.29, 0.717) is 72.7 Å². The molecule has 2 N–H and O–H groups in total. The highest BCUT2D eigenvalue weighted by atomic mass is 32.2. The van der Waals surface area contributed by atoms with Crippen molar-refractivity contribution < 1.29 is 37.1 Å². The van der Waals surface area contributed by atoms with E-state index in [0.717, 1.165) is 60.9 Å². The minimum atomic E-state index is -3.47. The Bertz CT molecular complexity index is 2590. The number of fused-ring (bicyclic) bond motifs is 1. The number of nitrogens with zero attached hydrogens (tertiary/aromatic N) is 7. The van der Waals surface area contributed by atoms with Crippen molar-refractivity contribution in [2.24, 2.45) is 0 Å². The van der Waals surface area contributed by atoms with E-state index in [1.807, 2.05) is 11.0 Å². The minimum absolute atomic E-state index is 0.0529. The number of piperidine rings is 2. The number of nitrogens with one attached hydrogen (secondary N) is 2. The molecule has 3 fully saturated rings. The Hall–Kier alpha value is -6.27. The smallest absolute Gasteiger partial charge is 0.264 e. The lowest BCUT2D eigenvalue weighted by Crippen LogP contribution is -2.54. The molecule has 0 bridgehead atoms. The molecule has 0 aliphatic carbocycles. The number of aromatic nitrogens is 3. The van der Waals surface area contributed by atoms with Gasteiger partial charge in [0.2, 0.25) is 17.7 Å². The van der Waals surface area contributed by atoms with Crippen LogP contribution in [0.2, 0.25) is 0 Å². The maximum atomic E-state index is 13.4. The molecule has 17 nitrogen and oxygen atoms in total. The molecule has 5 heterocycles. The SMILES string of the molecule is COc1cc(N2CCC(N3CCN(C(=O)CCCNc4cccc5c4C(=O)N(C4CCC(=O)NC4=O)C5=O)CC3)CC2)ccc1Cc1ncnc(Cc2ccccc2S(=O)(=O)C(C)C)n1. The molecule has 18 heteroatoms. The number of carbonyl (C=O) groups is 5. The van der Waals surface area contributed by atoms with E-state index in [4.69, 9.17) is 9.72 Å². The van der Waals surface area contributed by atoms with Crippen molar-refractivity contribution in [3.05, 3.63) is 101 Å². The second-order valence-corrected chi connectivity index (χ2v) is 19.7. The van der Waals surface area contributed by atoms with Gasteiger partial charge in [-0.1, -0.05) is 30.3 Å². The number of piperazine rings is 1. The summed E-state index contributed by atoms with van der Waals surface area (Å²) in [5.41, 5.74) is 3.56. The summed E-state index contributed by atoms with van der Waals surface area (Å²) in [4.78, 5) is 85.4. The van der Waals surface area contributed by atoms with Crippen LogP contribution in [0.4, 0.5) is 11.4 Å². The van der Waals surface area contributed by atoms with Crippen LogP contribution in [0, 0.1) is 0 Å². The van der Waals surface area contributed by atoms with Crippen LogP contribution in [0.25, 0.3) is 0 Å². The van der Waals surface area contributed by atoms with Crippen LogP contribution in [-0.2, 0) is 37.1 Å². The molecule has 1 atom stereocenters. The van der Waals surface area contributed by atoms with Crippen LogP contribution in [0.3, 0.4) is 0 Å². The predicted molar refractivity (Wildman–Crippen MR) is 241 cm³/mol. The van der Waals surface area contributed by atoms with Gasteiger partial charge in [-0.15, -0.1) is 0 Å². The first kappa shape index (κ1) is 45.3. The van der Waals surface area contributed by atoms with Crippen molar-refractivity contribution >= 4 is 50.7 Å². The van der Waals surface area contributed by atoms with E-state index in [1.165, 1.54) is 6.33 Å². The number of rotatable bonds is 15. The molecule has 5 amide bonds. The third-order valence-electron chi connectivity index (χ3n) is 12.9. The maximum Gasteiger partial charge on any atom is 0.264 e. The lowest BCUT2D eigenvalue weighted by Gasteiger charge is -2.43. The molecule has 1 unspecified atom stereocenters. The van der Waals surface area contributed by atoms with Gasteiger partial charge in [-0.25, -0.2) is 23.4 Å². The van der Waals surface area contributed by atoms with Gasteiger partial charge in [-0.3, -0.25) is 39.1 Å². The Balaban J connectivity index is 0.780. The summed E-state index contributed by atoms with van der Waals surface area (Å²) in [6.45, 7) is 8.52. The summed E-state index contributed by atoms with van der Waals surface area (Å²) in [6.07, 6.45) is 5.19. The molecule has 4 aromatic rings. The third kappa shape index (κ3) is 9.73.